The van der Waals surface area contributed by atoms with Crippen LogP contribution in [0.2, 0.25) is 0 Å². The summed E-state index contributed by atoms with van der Waals surface area (Å²) in [5.74, 6) is -0.189. The lowest BCUT2D eigenvalue weighted by atomic mass is 10.2. The second-order valence-corrected chi connectivity index (χ2v) is 3.57. The highest BCUT2D eigenvalue weighted by Gasteiger charge is 2.35. The molecule has 96 valence electrons. The smallest absolute Gasteiger partial charge is 0.396 e. The number of hydrogen-bond acceptors (Lipinski definition) is 5. The van der Waals surface area contributed by atoms with Gasteiger partial charge < -0.3 is 5.73 Å². The maximum Gasteiger partial charge on any atom is 0.435 e. The quantitative estimate of drug-likeness (QED) is 0.851. The van der Waals surface area contributed by atoms with Gasteiger partial charge in [0.1, 0.15) is 6.07 Å². The Balaban J connectivity index is 2.55. The molecule has 0 unspecified atom stereocenters. The standard InChI is InChI=1S/C11H6F3N5/c12-11(13,14)9-8(16)5-18-10(19-9)7-1-6(2-15)3-17-4-7/h1,3-5H,16H2. The minimum absolute atomic E-state index is 0.189. The summed E-state index contributed by atoms with van der Waals surface area (Å²) in [5.41, 5.74) is 3.85. The molecule has 0 aliphatic rings. The molecule has 0 fully saturated rings. The molecule has 19 heavy (non-hydrogen) atoms. The number of rotatable bonds is 1. The average Bonchev–Trinajstić information content (AvgIpc) is 2.38. The fourth-order valence-electron chi connectivity index (χ4n) is 1.38. The van der Waals surface area contributed by atoms with E-state index in [-0.39, 0.29) is 17.0 Å². The van der Waals surface area contributed by atoms with Gasteiger partial charge in [-0.25, -0.2) is 9.97 Å². The van der Waals surface area contributed by atoms with Crippen LogP contribution in [0.25, 0.3) is 11.4 Å². The van der Waals surface area contributed by atoms with Crippen molar-refractivity contribution in [2.75, 3.05) is 5.73 Å². The second-order valence-electron chi connectivity index (χ2n) is 3.57. The maximum atomic E-state index is 12.7. The van der Waals surface area contributed by atoms with Crippen LogP contribution >= 0.6 is 0 Å². The molecule has 0 aromatic carbocycles. The second kappa shape index (κ2) is 4.53. The number of nitrogens with two attached hydrogens (primary N) is 1. The van der Waals surface area contributed by atoms with Crippen LogP contribution in [0.3, 0.4) is 0 Å². The summed E-state index contributed by atoms with van der Waals surface area (Å²) < 4.78 is 38.0. The van der Waals surface area contributed by atoms with Crippen LogP contribution in [0.15, 0.2) is 24.7 Å². The first-order valence-corrected chi connectivity index (χ1v) is 4.97. The van der Waals surface area contributed by atoms with Gasteiger partial charge in [0.15, 0.2) is 11.5 Å². The monoisotopic (exact) mass is 265 g/mol. The van der Waals surface area contributed by atoms with Crippen molar-refractivity contribution in [3.63, 3.8) is 0 Å². The first-order chi connectivity index (χ1) is 8.91. The van der Waals surface area contributed by atoms with E-state index in [9.17, 15) is 13.2 Å². The lowest BCUT2D eigenvalue weighted by molar-refractivity contribution is -0.140. The molecule has 0 aliphatic carbocycles. The molecule has 2 rings (SSSR count). The number of nitrogens with zero attached hydrogens (tertiary/aromatic N) is 4. The largest absolute Gasteiger partial charge is 0.435 e. The fourth-order valence-corrected chi connectivity index (χ4v) is 1.38. The van der Waals surface area contributed by atoms with E-state index in [4.69, 9.17) is 11.0 Å². The van der Waals surface area contributed by atoms with Gasteiger partial charge in [0.25, 0.3) is 0 Å². The number of halogens is 3. The number of hydrogen-bond donors (Lipinski definition) is 1. The number of aromatic nitrogens is 3. The highest BCUT2D eigenvalue weighted by molar-refractivity contribution is 5.58. The van der Waals surface area contributed by atoms with Gasteiger partial charge >= 0.3 is 6.18 Å². The van der Waals surface area contributed by atoms with Crippen LogP contribution in [0.4, 0.5) is 18.9 Å². The molecular formula is C11H6F3N5. The number of nitrogen functional groups attached to an aromatic ring is 1. The number of anilines is 1. The minimum atomic E-state index is -4.66. The minimum Gasteiger partial charge on any atom is -0.396 e. The molecule has 0 radical (unpaired) electrons. The Morgan fingerprint density at radius 1 is 1.21 bits per heavy atom. The van der Waals surface area contributed by atoms with Gasteiger partial charge in [0.2, 0.25) is 0 Å². The summed E-state index contributed by atoms with van der Waals surface area (Å²) in [6.07, 6.45) is -1.23. The summed E-state index contributed by atoms with van der Waals surface area (Å²) >= 11 is 0. The molecule has 0 spiro atoms. The normalized spacial score (nSPS) is 11.1. The molecule has 2 N–H and O–H groups in total. The third-order valence-electron chi connectivity index (χ3n) is 2.21. The zero-order valence-electron chi connectivity index (χ0n) is 9.31. The lowest BCUT2D eigenvalue weighted by Gasteiger charge is -2.09. The summed E-state index contributed by atoms with van der Waals surface area (Å²) in [7, 11) is 0. The van der Waals surface area contributed by atoms with Gasteiger partial charge in [-0.3, -0.25) is 4.98 Å². The van der Waals surface area contributed by atoms with Crippen LogP contribution in [0.1, 0.15) is 11.3 Å². The van der Waals surface area contributed by atoms with Gasteiger partial charge in [-0.2, -0.15) is 18.4 Å². The lowest BCUT2D eigenvalue weighted by Crippen LogP contribution is -2.13. The zero-order chi connectivity index (χ0) is 14.0. The van der Waals surface area contributed by atoms with E-state index in [0.717, 1.165) is 6.20 Å². The Morgan fingerprint density at radius 2 is 1.95 bits per heavy atom. The van der Waals surface area contributed by atoms with E-state index in [1.54, 1.807) is 0 Å². The SMILES string of the molecule is N#Cc1cncc(-c2ncc(N)c(C(F)(F)F)n2)c1. The number of alkyl halides is 3. The Kier molecular flexibility index (Phi) is 3.04. The molecule has 2 aromatic rings. The summed E-state index contributed by atoms with van der Waals surface area (Å²) in [5, 5.41) is 8.71. The number of pyridine rings is 1. The van der Waals surface area contributed by atoms with Gasteiger partial charge in [0, 0.05) is 18.0 Å². The highest BCUT2D eigenvalue weighted by Crippen LogP contribution is 2.32. The van der Waals surface area contributed by atoms with Gasteiger partial charge in [-0.05, 0) is 6.07 Å². The van der Waals surface area contributed by atoms with E-state index in [0.29, 0.717) is 0 Å². The van der Waals surface area contributed by atoms with E-state index < -0.39 is 17.6 Å². The van der Waals surface area contributed by atoms with Crippen LogP contribution in [-0.2, 0) is 6.18 Å². The molecule has 0 atom stereocenters. The fraction of sp³-hybridized carbons (Fsp3) is 0.0909. The Bertz CT molecular complexity index is 660. The van der Waals surface area contributed by atoms with Crippen molar-refractivity contribution in [2.24, 2.45) is 0 Å². The molecular weight excluding hydrogens is 259 g/mol. The van der Waals surface area contributed by atoms with E-state index in [1.807, 2.05) is 6.07 Å². The first-order valence-electron chi connectivity index (χ1n) is 4.97. The van der Waals surface area contributed by atoms with Crippen molar-refractivity contribution in [1.82, 2.24) is 15.0 Å². The van der Waals surface area contributed by atoms with Crippen LogP contribution in [-0.4, -0.2) is 15.0 Å². The number of nitriles is 1. The van der Waals surface area contributed by atoms with Gasteiger partial charge in [-0.15, -0.1) is 0 Å². The van der Waals surface area contributed by atoms with Gasteiger partial charge in [-0.1, -0.05) is 0 Å². The molecule has 0 saturated carbocycles. The van der Waals surface area contributed by atoms with Crippen molar-refractivity contribution in [2.45, 2.75) is 6.18 Å². The van der Waals surface area contributed by atoms with E-state index in [2.05, 4.69) is 15.0 Å². The van der Waals surface area contributed by atoms with E-state index in [1.165, 1.54) is 18.5 Å². The maximum absolute atomic E-state index is 12.7. The zero-order valence-corrected chi connectivity index (χ0v) is 9.31. The Hall–Kier alpha value is -2.69. The summed E-state index contributed by atoms with van der Waals surface area (Å²) in [6, 6.07) is 3.17. The molecule has 5 nitrogen and oxygen atoms in total. The van der Waals surface area contributed by atoms with Crippen LogP contribution < -0.4 is 5.73 Å². The molecule has 2 heterocycles. The first kappa shape index (κ1) is 12.8. The van der Waals surface area contributed by atoms with Crippen molar-refractivity contribution in [3.05, 3.63) is 35.9 Å². The Morgan fingerprint density at radius 3 is 2.58 bits per heavy atom. The van der Waals surface area contributed by atoms with Crippen molar-refractivity contribution < 1.29 is 13.2 Å². The molecule has 0 bridgehead atoms. The van der Waals surface area contributed by atoms with Crippen LogP contribution in [0.5, 0.6) is 0 Å². The third kappa shape index (κ3) is 2.60. The average molecular weight is 265 g/mol. The summed E-state index contributed by atoms with van der Waals surface area (Å²) in [6.45, 7) is 0. The topological polar surface area (TPSA) is 88.5 Å². The predicted octanol–water partition coefficient (Wildman–Crippen LogP) is 2.01. The van der Waals surface area contributed by atoms with Crippen molar-refractivity contribution in [1.29, 1.82) is 5.26 Å². The van der Waals surface area contributed by atoms with Crippen LogP contribution in [0, 0.1) is 11.3 Å². The highest BCUT2D eigenvalue weighted by atomic mass is 19.4. The van der Waals surface area contributed by atoms with E-state index >= 15 is 0 Å². The Labute approximate surface area is 105 Å². The predicted molar refractivity (Wildman–Crippen MR) is 59.4 cm³/mol. The van der Waals surface area contributed by atoms with Crippen molar-refractivity contribution >= 4 is 5.69 Å². The van der Waals surface area contributed by atoms with Crippen molar-refractivity contribution in [3.8, 4) is 17.5 Å². The molecule has 8 heteroatoms. The van der Waals surface area contributed by atoms with Gasteiger partial charge in [0.05, 0.1) is 17.4 Å². The molecule has 2 aromatic heterocycles. The molecule has 0 amide bonds. The molecule has 0 saturated heterocycles. The summed E-state index contributed by atoms with van der Waals surface area (Å²) in [4.78, 5) is 10.8. The molecule has 0 aliphatic heterocycles. The third-order valence-corrected chi connectivity index (χ3v) is 2.21.